The van der Waals surface area contributed by atoms with Crippen molar-refractivity contribution in [2.45, 2.75) is 56.1 Å². The molecular weight excluding hydrogens is 264 g/mol. The molecule has 0 aromatic rings. The van der Waals surface area contributed by atoms with E-state index in [9.17, 15) is 4.79 Å². The first-order valence-corrected chi connectivity index (χ1v) is 8.74. The molecule has 4 aliphatic heterocycles. The van der Waals surface area contributed by atoms with Crippen molar-refractivity contribution in [1.82, 2.24) is 20.4 Å². The van der Waals surface area contributed by atoms with Crippen LogP contribution in [-0.4, -0.2) is 72.6 Å². The monoisotopic (exact) mass is 292 g/mol. The molecule has 4 aliphatic rings. The summed E-state index contributed by atoms with van der Waals surface area (Å²) >= 11 is 0. The van der Waals surface area contributed by atoms with Crippen LogP contribution in [0.15, 0.2) is 0 Å². The average molecular weight is 292 g/mol. The number of carbonyl (C=O) groups excluding carboxylic acids is 1. The number of likely N-dealkylation sites (tertiary alicyclic amines) is 1. The van der Waals surface area contributed by atoms with Crippen LogP contribution < -0.4 is 10.6 Å². The number of fused-ring (bicyclic) bond motifs is 2. The number of piperidine rings is 1. The van der Waals surface area contributed by atoms with E-state index in [1.165, 1.54) is 51.6 Å². The second-order valence-electron chi connectivity index (χ2n) is 7.49. The first-order valence-electron chi connectivity index (χ1n) is 8.74. The van der Waals surface area contributed by atoms with Crippen LogP contribution in [0.2, 0.25) is 0 Å². The topological polar surface area (TPSA) is 47.6 Å². The summed E-state index contributed by atoms with van der Waals surface area (Å²) in [5.74, 6) is 0.297. The molecule has 4 heterocycles. The van der Waals surface area contributed by atoms with Gasteiger partial charge >= 0.3 is 0 Å². The van der Waals surface area contributed by atoms with Crippen molar-refractivity contribution in [3.8, 4) is 0 Å². The van der Waals surface area contributed by atoms with Crippen molar-refractivity contribution in [3.05, 3.63) is 0 Å². The third-order valence-corrected chi connectivity index (χ3v) is 6.03. The zero-order valence-corrected chi connectivity index (χ0v) is 12.9. The van der Waals surface area contributed by atoms with E-state index in [0.29, 0.717) is 24.0 Å². The van der Waals surface area contributed by atoms with Crippen LogP contribution in [0.3, 0.4) is 0 Å². The largest absolute Gasteiger partial charge is 0.336 e. The summed E-state index contributed by atoms with van der Waals surface area (Å²) in [6.45, 7) is 5.87. The van der Waals surface area contributed by atoms with E-state index in [0.717, 1.165) is 25.7 Å². The number of hydrogen-bond acceptors (Lipinski definition) is 4. The summed E-state index contributed by atoms with van der Waals surface area (Å²) in [4.78, 5) is 16.9. The first kappa shape index (κ1) is 14.0. The highest BCUT2D eigenvalue weighted by Gasteiger charge is 2.45. The molecule has 4 fully saturated rings. The van der Waals surface area contributed by atoms with Crippen LogP contribution in [-0.2, 0) is 4.79 Å². The predicted molar refractivity (Wildman–Crippen MR) is 82.2 cm³/mol. The van der Waals surface area contributed by atoms with Crippen LogP contribution in [0.1, 0.15) is 38.5 Å². The average Bonchev–Trinajstić information content (AvgIpc) is 3.08. The molecule has 0 radical (unpaired) electrons. The van der Waals surface area contributed by atoms with E-state index in [4.69, 9.17) is 0 Å². The van der Waals surface area contributed by atoms with Crippen molar-refractivity contribution in [3.63, 3.8) is 0 Å². The fourth-order valence-electron chi connectivity index (χ4n) is 4.96. The van der Waals surface area contributed by atoms with E-state index < -0.39 is 0 Å². The summed E-state index contributed by atoms with van der Waals surface area (Å²) in [5.41, 5.74) is 0.403. The zero-order chi connectivity index (χ0) is 14.3. The lowest BCUT2D eigenvalue weighted by atomic mass is 9.87. The van der Waals surface area contributed by atoms with Gasteiger partial charge in [-0.1, -0.05) is 0 Å². The van der Waals surface area contributed by atoms with E-state index in [1.807, 2.05) is 0 Å². The van der Waals surface area contributed by atoms with E-state index in [-0.39, 0.29) is 0 Å². The summed E-state index contributed by atoms with van der Waals surface area (Å²) in [5, 5.41) is 7.04. The quantitative estimate of drug-likeness (QED) is 0.778. The molecule has 1 unspecified atom stereocenters. The lowest BCUT2D eigenvalue weighted by Crippen LogP contribution is -2.58. The highest BCUT2D eigenvalue weighted by atomic mass is 16.2. The van der Waals surface area contributed by atoms with Gasteiger partial charge in [0.2, 0.25) is 5.91 Å². The molecule has 0 spiro atoms. The second-order valence-corrected chi connectivity index (χ2v) is 7.49. The van der Waals surface area contributed by atoms with Gasteiger partial charge in [0.25, 0.3) is 0 Å². The number of nitrogens with one attached hydrogen (secondary N) is 2. The summed E-state index contributed by atoms with van der Waals surface area (Å²) in [6, 6.07) is 1.24. The summed E-state index contributed by atoms with van der Waals surface area (Å²) < 4.78 is 0. The standard InChI is InChI=1S/C16H28N4O/c21-15-10-17-7-9-20(15)14-2-1-8-19(11-14)12-16-5-3-13(18-16)4-6-16/h13-14,17-18H,1-12H2. The molecule has 0 saturated carbocycles. The van der Waals surface area contributed by atoms with Crippen molar-refractivity contribution in [2.75, 3.05) is 39.3 Å². The fraction of sp³-hybridized carbons (Fsp3) is 0.938. The van der Waals surface area contributed by atoms with Crippen LogP contribution >= 0.6 is 0 Å². The molecule has 21 heavy (non-hydrogen) atoms. The maximum Gasteiger partial charge on any atom is 0.236 e. The summed E-state index contributed by atoms with van der Waals surface area (Å²) in [6.07, 6.45) is 7.87. The molecule has 0 aromatic carbocycles. The Balaban J connectivity index is 1.37. The minimum Gasteiger partial charge on any atom is -0.336 e. The van der Waals surface area contributed by atoms with Crippen LogP contribution in [0.25, 0.3) is 0 Å². The van der Waals surface area contributed by atoms with E-state index in [1.54, 1.807) is 0 Å². The Labute approximate surface area is 127 Å². The van der Waals surface area contributed by atoms with Crippen molar-refractivity contribution >= 4 is 5.91 Å². The van der Waals surface area contributed by atoms with Gasteiger partial charge < -0.3 is 15.5 Å². The molecule has 0 aromatic heterocycles. The van der Waals surface area contributed by atoms with Gasteiger partial charge in [0, 0.05) is 43.8 Å². The lowest BCUT2D eigenvalue weighted by molar-refractivity contribution is -0.135. The number of rotatable bonds is 3. The number of nitrogens with zero attached hydrogens (tertiary/aromatic N) is 2. The Morgan fingerprint density at radius 2 is 2.05 bits per heavy atom. The first-order chi connectivity index (χ1) is 10.2. The smallest absolute Gasteiger partial charge is 0.236 e. The molecule has 5 nitrogen and oxygen atoms in total. The second kappa shape index (κ2) is 5.52. The normalized spacial score (nSPS) is 41.0. The molecule has 1 atom stereocenters. The molecule has 2 bridgehead atoms. The van der Waals surface area contributed by atoms with Gasteiger partial charge in [-0.05, 0) is 45.1 Å². The van der Waals surface area contributed by atoms with E-state index in [2.05, 4.69) is 20.4 Å². The molecule has 1 amide bonds. The highest BCUT2D eigenvalue weighted by Crippen LogP contribution is 2.38. The molecule has 5 heteroatoms. The van der Waals surface area contributed by atoms with Gasteiger partial charge in [-0.3, -0.25) is 9.69 Å². The van der Waals surface area contributed by atoms with E-state index >= 15 is 0 Å². The SMILES string of the molecule is O=C1CNCCN1C1CCCN(CC23CCC(CC2)N3)C1. The molecule has 118 valence electrons. The van der Waals surface area contributed by atoms with Gasteiger partial charge in [-0.25, -0.2) is 0 Å². The molecular formula is C16H28N4O. The number of hydrogen-bond donors (Lipinski definition) is 2. The fourth-order valence-corrected chi connectivity index (χ4v) is 4.96. The third-order valence-electron chi connectivity index (χ3n) is 6.03. The highest BCUT2D eigenvalue weighted by molar-refractivity contribution is 5.79. The van der Waals surface area contributed by atoms with Crippen molar-refractivity contribution in [2.24, 2.45) is 0 Å². The zero-order valence-electron chi connectivity index (χ0n) is 12.9. The summed E-state index contributed by atoms with van der Waals surface area (Å²) in [7, 11) is 0. The van der Waals surface area contributed by atoms with Gasteiger partial charge in [-0.2, -0.15) is 0 Å². The minimum absolute atomic E-state index is 0.297. The Morgan fingerprint density at radius 1 is 1.19 bits per heavy atom. The maximum atomic E-state index is 12.1. The van der Waals surface area contributed by atoms with Gasteiger partial charge in [0.15, 0.2) is 0 Å². The Morgan fingerprint density at radius 3 is 2.76 bits per heavy atom. The Kier molecular flexibility index (Phi) is 3.67. The van der Waals surface area contributed by atoms with Gasteiger partial charge in [0.1, 0.15) is 0 Å². The Hall–Kier alpha value is -0.650. The molecule has 0 aliphatic carbocycles. The number of amides is 1. The van der Waals surface area contributed by atoms with Crippen LogP contribution in [0, 0.1) is 0 Å². The van der Waals surface area contributed by atoms with Gasteiger partial charge in [-0.15, -0.1) is 0 Å². The third kappa shape index (κ3) is 2.71. The Bertz CT molecular complexity index is 405. The minimum atomic E-state index is 0.297. The maximum absolute atomic E-state index is 12.1. The molecule has 4 rings (SSSR count). The van der Waals surface area contributed by atoms with Crippen LogP contribution in [0.4, 0.5) is 0 Å². The molecule has 4 saturated heterocycles. The lowest BCUT2D eigenvalue weighted by Gasteiger charge is -2.43. The van der Waals surface area contributed by atoms with Gasteiger partial charge in [0.05, 0.1) is 6.54 Å². The van der Waals surface area contributed by atoms with Crippen LogP contribution in [0.5, 0.6) is 0 Å². The number of piperazine rings is 1. The number of carbonyl (C=O) groups is 1. The van der Waals surface area contributed by atoms with Crippen molar-refractivity contribution in [1.29, 1.82) is 0 Å². The predicted octanol–water partition coefficient (Wildman–Crippen LogP) is 0.167. The van der Waals surface area contributed by atoms with Crippen molar-refractivity contribution < 1.29 is 4.79 Å². The molecule has 2 N–H and O–H groups in total.